The van der Waals surface area contributed by atoms with Crippen LogP contribution in [0.15, 0.2) is 54.6 Å². The summed E-state index contributed by atoms with van der Waals surface area (Å²) in [6.45, 7) is 0. The van der Waals surface area contributed by atoms with Gasteiger partial charge >= 0.3 is 18.1 Å². The number of hydrogen-bond acceptors (Lipinski definition) is 1. The van der Waals surface area contributed by atoms with Crippen LogP contribution in [0.4, 0.5) is 26.3 Å². The number of aromatic carboxylic acids is 1. The molecule has 1 N–H and O–H groups in total. The van der Waals surface area contributed by atoms with E-state index >= 15 is 0 Å². The Bertz CT molecular complexity index is 724. The smallest absolute Gasteiger partial charge is 0.433 e. The van der Waals surface area contributed by atoms with Crippen molar-refractivity contribution in [2.45, 2.75) is 17.8 Å². The van der Waals surface area contributed by atoms with Gasteiger partial charge in [-0.3, -0.25) is 0 Å². The summed E-state index contributed by atoms with van der Waals surface area (Å²) in [5, 5.41) is 8.71. The first-order chi connectivity index (χ1) is 11.0. The zero-order valence-corrected chi connectivity index (χ0v) is 11.8. The predicted octanol–water partition coefficient (Wildman–Crippen LogP) is 4.90. The van der Waals surface area contributed by atoms with Gasteiger partial charge in [0.15, 0.2) is 0 Å². The number of carboxylic acids is 1. The molecule has 0 saturated heterocycles. The Labute approximate surface area is 132 Å². The maximum atomic E-state index is 14.8. The van der Waals surface area contributed by atoms with E-state index in [0.717, 1.165) is 12.1 Å². The summed E-state index contributed by atoms with van der Waals surface area (Å²) in [6, 6.07) is 6.87. The Hall–Kier alpha value is -2.51. The molecule has 0 amide bonds. The lowest BCUT2D eigenvalue weighted by Crippen LogP contribution is -2.51. The summed E-state index contributed by atoms with van der Waals surface area (Å²) < 4.78 is 83.5. The van der Waals surface area contributed by atoms with E-state index in [1.165, 1.54) is 6.07 Å². The van der Waals surface area contributed by atoms with Gasteiger partial charge in [0.05, 0.1) is 5.56 Å². The van der Waals surface area contributed by atoms with Crippen molar-refractivity contribution < 1.29 is 36.2 Å². The number of benzene rings is 2. The average Bonchev–Trinajstić information content (AvgIpc) is 2.53. The molecule has 0 heterocycles. The summed E-state index contributed by atoms with van der Waals surface area (Å²) in [4.78, 5) is 10.7. The molecule has 1 atom stereocenters. The van der Waals surface area contributed by atoms with E-state index in [2.05, 4.69) is 0 Å². The minimum absolute atomic E-state index is 0.397. The molecular formula is C16H10F6O2. The number of hydrogen-bond donors (Lipinski definition) is 1. The van der Waals surface area contributed by atoms with Crippen LogP contribution >= 0.6 is 0 Å². The van der Waals surface area contributed by atoms with Gasteiger partial charge in [-0.05, 0) is 12.1 Å². The molecule has 0 aliphatic rings. The van der Waals surface area contributed by atoms with Crippen molar-refractivity contribution in [3.8, 4) is 0 Å². The van der Waals surface area contributed by atoms with E-state index in [0.29, 0.717) is 36.4 Å². The third kappa shape index (κ3) is 2.72. The van der Waals surface area contributed by atoms with Crippen molar-refractivity contribution >= 4 is 5.97 Å². The highest BCUT2D eigenvalue weighted by atomic mass is 19.4. The van der Waals surface area contributed by atoms with E-state index < -0.39 is 40.4 Å². The van der Waals surface area contributed by atoms with Crippen molar-refractivity contribution in [2.24, 2.45) is 0 Å². The third-order valence-corrected chi connectivity index (χ3v) is 3.49. The second kappa shape index (κ2) is 5.85. The van der Waals surface area contributed by atoms with Gasteiger partial charge in [0.2, 0.25) is 0 Å². The number of rotatable bonds is 4. The lowest BCUT2D eigenvalue weighted by molar-refractivity contribution is -0.314. The van der Waals surface area contributed by atoms with Gasteiger partial charge in [0, 0.05) is 11.1 Å². The zero-order valence-electron chi connectivity index (χ0n) is 11.8. The quantitative estimate of drug-likeness (QED) is 0.798. The van der Waals surface area contributed by atoms with Crippen LogP contribution in [0.5, 0.6) is 0 Å². The first kappa shape index (κ1) is 17.8. The highest BCUT2D eigenvalue weighted by Crippen LogP contribution is 2.56. The Balaban J connectivity index is 2.65. The highest BCUT2D eigenvalue weighted by Gasteiger charge is 2.72. The summed E-state index contributed by atoms with van der Waals surface area (Å²) in [6.07, 6.45) is -5.93. The fraction of sp³-hybridized carbons (Fsp3) is 0.188. The Morgan fingerprint density at radius 3 is 1.67 bits per heavy atom. The van der Waals surface area contributed by atoms with E-state index in [1.807, 2.05) is 0 Å². The summed E-state index contributed by atoms with van der Waals surface area (Å²) in [5.74, 6) is -6.40. The Morgan fingerprint density at radius 1 is 0.750 bits per heavy atom. The van der Waals surface area contributed by atoms with Crippen molar-refractivity contribution in [2.75, 3.05) is 0 Å². The summed E-state index contributed by atoms with van der Waals surface area (Å²) in [5.41, 5.74) is -7.99. The zero-order chi connectivity index (χ0) is 18.2. The minimum Gasteiger partial charge on any atom is -0.478 e. The van der Waals surface area contributed by atoms with E-state index in [1.54, 1.807) is 0 Å². The molecule has 0 spiro atoms. The van der Waals surface area contributed by atoms with Gasteiger partial charge in [-0.25, -0.2) is 9.18 Å². The fourth-order valence-electron chi connectivity index (χ4n) is 2.21. The van der Waals surface area contributed by atoms with Crippen molar-refractivity contribution in [3.63, 3.8) is 0 Å². The molecule has 2 aromatic rings. The molecule has 0 aromatic heterocycles. The lowest BCUT2D eigenvalue weighted by atomic mass is 9.84. The van der Waals surface area contributed by atoms with Crippen LogP contribution in [0.25, 0.3) is 0 Å². The number of carboxylic acid groups (broad SMARTS) is 1. The highest BCUT2D eigenvalue weighted by molar-refractivity contribution is 5.87. The maximum Gasteiger partial charge on any atom is 0.433 e. The largest absolute Gasteiger partial charge is 0.478 e. The molecule has 0 radical (unpaired) electrons. The number of halogens is 6. The number of carbonyl (C=O) groups is 1. The average molecular weight is 348 g/mol. The van der Waals surface area contributed by atoms with E-state index in [4.69, 9.17) is 5.11 Å². The molecule has 8 heteroatoms. The maximum absolute atomic E-state index is 14.8. The van der Waals surface area contributed by atoms with Crippen LogP contribution < -0.4 is 0 Å². The van der Waals surface area contributed by atoms with Crippen molar-refractivity contribution in [3.05, 3.63) is 71.3 Å². The SMILES string of the molecule is O=C(O)c1ccc(C(F)(C(F)(F)F)C(F)(F)c2ccccc2)cc1. The first-order valence-electron chi connectivity index (χ1n) is 6.54. The van der Waals surface area contributed by atoms with Gasteiger partial charge in [-0.2, -0.15) is 22.0 Å². The second-order valence-corrected chi connectivity index (χ2v) is 4.98. The van der Waals surface area contributed by atoms with Gasteiger partial charge in [0.1, 0.15) is 0 Å². The van der Waals surface area contributed by atoms with Gasteiger partial charge < -0.3 is 5.11 Å². The van der Waals surface area contributed by atoms with Crippen molar-refractivity contribution in [1.82, 2.24) is 0 Å². The molecule has 0 aliphatic heterocycles. The van der Waals surface area contributed by atoms with Crippen LogP contribution in [0.2, 0.25) is 0 Å². The van der Waals surface area contributed by atoms with E-state index in [9.17, 15) is 31.1 Å². The topological polar surface area (TPSA) is 37.3 Å². The molecule has 1 unspecified atom stereocenters. The molecular weight excluding hydrogens is 338 g/mol. The second-order valence-electron chi connectivity index (χ2n) is 4.98. The lowest BCUT2D eigenvalue weighted by Gasteiger charge is -2.35. The van der Waals surface area contributed by atoms with Crippen LogP contribution in [0, 0.1) is 0 Å². The van der Waals surface area contributed by atoms with Crippen molar-refractivity contribution in [1.29, 1.82) is 0 Å². The molecule has 2 rings (SSSR count). The van der Waals surface area contributed by atoms with E-state index in [-0.39, 0.29) is 0 Å². The molecule has 0 aliphatic carbocycles. The Morgan fingerprint density at radius 2 is 1.25 bits per heavy atom. The summed E-state index contributed by atoms with van der Waals surface area (Å²) >= 11 is 0. The summed E-state index contributed by atoms with van der Waals surface area (Å²) in [7, 11) is 0. The normalized spacial score (nSPS) is 14.9. The minimum atomic E-state index is -5.93. The van der Waals surface area contributed by atoms with Crippen LogP contribution in [-0.2, 0) is 11.6 Å². The molecule has 0 bridgehead atoms. The fourth-order valence-corrected chi connectivity index (χ4v) is 2.21. The monoisotopic (exact) mass is 348 g/mol. The molecule has 0 saturated carbocycles. The first-order valence-corrected chi connectivity index (χ1v) is 6.54. The third-order valence-electron chi connectivity index (χ3n) is 3.49. The van der Waals surface area contributed by atoms with Gasteiger partial charge in [-0.15, -0.1) is 0 Å². The number of alkyl halides is 6. The predicted molar refractivity (Wildman–Crippen MR) is 72.6 cm³/mol. The molecule has 2 aromatic carbocycles. The molecule has 128 valence electrons. The molecule has 2 nitrogen and oxygen atoms in total. The van der Waals surface area contributed by atoms with Crippen LogP contribution in [0.3, 0.4) is 0 Å². The molecule has 24 heavy (non-hydrogen) atoms. The van der Waals surface area contributed by atoms with Crippen LogP contribution in [-0.4, -0.2) is 17.3 Å². The van der Waals surface area contributed by atoms with Crippen LogP contribution in [0.1, 0.15) is 21.5 Å². The van der Waals surface area contributed by atoms with Gasteiger partial charge in [-0.1, -0.05) is 42.5 Å². The molecule has 0 fully saturated rings. The standard InChI is InChI=1S/C16H10F6O2/c17-14(16(20,21)22,11-8-6-10(7-9-11)13(23)24)15(18,19)12-4-2-1-3-5-12/h1-9H,(H,23,24). The van der Waals surface area contributed by atoms with Gasteiger partial charge in [0.25, 0.3) is 5.67 Å². The Kier molecular flexibility index (Phi) is 4.34.